The number of carbonyl (C=O) groups excluding carboxylic acids is 1. The van der Waals surface area contributed by atoms with Gasteiger partial charge in [-0.15, -0.1) is 5.10 Å². The normalized spacial score (nSPS) is 11.2. The highest BCUT2D eigenvalue weighted by atomic mass is 19.1. The molecule has 4 rings (SSSR count). The van der Waals surface area contributed by atoms with Crippen molar-refractivity contribution in [2.75, 3.05) is 18.0 Å². The van der Waals surface area contributed by atoms with Gasteiger partial charge < -0.3 is 15.2 Å². The van der Waals surface area contributed by atoms with Crippen LogP contribution in [-0.2, 0) is 6.54 Å². The van der Waals surface area contributed by atoms with E-state index in [4.69, 9.17) is 0 Å². The molecule has 2 aromatic carbocycles. The number of aromatic amines is 1. The van der Waals surface area contributed by atoms with Crippen molar-refractivity contribution in [1.29, 1.82) is 0 Å². The first-order valence-corrected chi connectivity index (χ1v) is 9.70. The van der Waals surface area contributed by atoms with E-state index in [1.54, 1.807) is 0 Å². The van der Waals surface area contributed by atoms with E-state index in [1.807, 2.05) is 24.3 Å². The van der Waals surface area contributed by atoms with Crippen molar-refractivity contribution in [2.24, 2.45) is 0 Å². The molecule has 8 nitrogen and oxygen atoms in total. The maximum Gasteiger partial charge on any atom is 0.277 e. The van der Waals surface area contributed by atoms with Crippen LogP contribution in [0.5, 0.6) is 0 Å². The molecule has 0 saturated carbocycles. The van der Waals surface area contributed by atoms with Crippen LogP contribution in [0.4, 0.5) is 10.1 Å². The van der Waals surface area contributed by atoms with Gasteiger partial charge in [0.2, 0.25) is 0 Å². The van der Waals surface area contributed by atoms with Gasteiger partial charge in [0.1, 0.15) is 5.82 Å². The molecule has 0 aliphatic rings. The fourth-order valence-corrected chi connectivity index (χ4v) is 3.46. The van der Waals surface area contributed by atoms with Gasteiger partial charge in [0, 0.05) is 25.3 Å². The molecule has 0 aliphatic heterocycles. The molecule has 154 valence electrons. The van der Waals surface area contributed by atoms with Crippen molar-refractivity contribution in [1.82, 2.24) is 25.1 Å². The quantitative estimate of drug-likeness (QED) is 0.511. The molecule has 0 atom stereocenters. The molecule has 0 unspecified atom stereocenters. The van der Waals surface area contributed by atoms with Gasteiger partial charge in [-0.25, -0.2) is 8.91 Å². The Balaban J connectivity index is 1.57. The van der Waals surface area contributed by atoms with Gasteiger partial charge in [-0.3, -0.25) is 9.59 Å². The number of rotatable bonds is 6. The lowest BCUT2D eigenvalue weighted by atomic mass is 10.2. The van der Waals surface area contributed by atoms with Crippen LogP contribution in [-0.4, -0.2) is 38.8 Å². The minimum atomic E-state index is -0.563. The topological polar surface area (TPSA) is 95.4 Å². The Morgan fingerprint density at radius 2 is 1.90 bits per heavy atom. The summed E-state index contributed by atoms with van der Waals surface area (Å²) in [5.74, 6) is -0.993. The molecular formula is C21H21FN6O2. The molecule has 2 aromatic heterocycles. The minimum Gasteiger partial charge on any atom is -0.372 e. The van der Waals surface area contributed by atoms with E-state index in [0.29, 0.717) is 5.52 Å². The molecule has 9 heteroatoms. The third kappa shape index (κ3) is 3.49. The lowest BCUT2D eigenvalue weighted by Crippen LogP contribution is -2.25. The highest BCUT2D eigenvalue weighted by Gasteiger charge is 2.19. The average Bonchev–Trinajstić information content (AvgIpc) is 3.20. The number of hydrogen-bond donors (Lipinski definition) is 2. The predicted molar refractivity (Wildman–Crippen MR) is 112 cm³/mol. The first kappa shape index (κ1) is 19.6. The number of halogens is 1. The summed E-state index contributed by atoms with van der Waals surface area (Å²) in [5, 5.41) is 10.6. The fraction of sp³-hybridized carbons (Fsp3) is 0.238. The smallest absolute Gasteiger partial charge is 0.277 e. The summed E-state index contributed by atoms with van der Waals surface area (Å²) in [4.78, 5) is 29.9. The third-order valence-corrected chi connectivity index (χ3v) is 5.05. The van der Waals surface area contributed by atoms with Gasteiger partial charge in [0.15, 0.2) is 11.2 Å². The van der Waals surface area contributed by atoms with Crippen molar-refractivity contribution < 1.29 is 9.18 Å². The molecule has 30 heavy (non-hydrogen) atoms. The zero-order valence-electron chi connectivity index (χ0n) is 16.6. The van der Waals surface area contributed by atoms with E-state index in [1.165, 1.54) is 22.7 Å². The van der Waals surface area contributed by atoms with E-state index in [-0.39, 0.29) is 23.3 Å². The Morgan fingerprint density at radius 3 is 2.60 bits per heavy atom. The number of H-pyrrole nitrogens is 1. The van der Waals surface area contributed by atoms with E-state index in [2.05, 4.69) is 39.4 Å². The number of fused-ring (bicyclic) bond motifs is 3. The molecular weight excluding hydrogens is 387 g/mol. The monoisotopic (exact) mass is 408 g/mol. The second-order valence-corrected chi connectivity index (χ2v) is 6.84. The van der Waals surface area contributed by atoms with E-state index < -0.39 is 17.3 Å². The molecule has 0 radical (unpaired) electrons. The Labute approximate surface area is 171 Å². The zero-order chi connectivity index (χ0) is 21.3. The van der Waals surface area contributed by atoms with E-state index in [9.17, 15) is 14.0 Å². The number of carbonyl (C=O) groups is 1. The maximum absolute atomic E-state index is 13.4. The van der Waals surface area contributed by atoms with Crippen molar-refractivity contribution in [3.63, 3.8) is 0 Å². The van der Waals surface area contributed by atoms with Crippen LogP contribution in [0.15, 0.2) is 47.3 Å². The molecule has 0 spiro atoms. The van der Waals surface area contributed by atoms with Crippen LogP contribution in [0.25, 0.3) is 16.6 Å². The number of nitrogens with one attached hydrogen (secondary N) is 2. The van der Waals surface area contributed by atoms with E-state index >= 15 is 0 Å². The highest BCUT2D eigenvalue weighted by molar-refractivity contribution is 5.99. The zero-order valence-corrected chi connectivity index (χ0v) is 16.6. The number of amides is 1. The summed E-state index contributed by atoms with van der Waals surface area (Å²) in [7, 11) is 0. The molecule has 0 aliphatic carbocycles. The van der Waals surface area contributed by atoms with Crippen LogP contribution < -0.4 is 15.8 Å². The summed E-state index contributed by atoms with van der Waals surface area (Å²) >= 11 is 0. The van der Waals surface area contributed by atoms with Gasteiger partial charge in [0.25, 0.3) is 11.5 Å². The van der Waals surface area contributed by atoms with Gasteiger partial charge >= 0.3 is 0 Å². The van der Waals surface area contributed by atoms with Crippen LogP contribution in [0, 0.1) is 5.82 Å². The molecule has 0 saturated heterocycles. The van der Waals surface area contributed by atoms with E-state index in [0.717, 1.165) is 24.3 Å². The Hall–Kier alpha value is -3.75. The number of benzene rings is 2. The standard InChI is InChI=1S/C21H21FN6O2/c1-3-27(4-2)15-8-5-13(6-9-15)12-23-20(29)18-19-21(30)24-16-11-14(22)7-10-17(16)28(19)26-25-18/h5-11H,3-4,12H2,1-2H3,(H,23,29)(H,24,30). The number of aromatic nitrogens is 4. The van der Waals surface area contributed by atoms with Gasteiger partial charge in [-0.1, -0.05) is 17.3 Å². The van der Waals surface area contributed by atoms with Crippen molar-refractivity contribution in [2.45, 2.75) is 20.4 Å². The third-order valence-electron chi connectivity index (χ3n) is 5.05. The van der Waals surface area contributed by atoms with Crippen LogP contribution in [0.3, 0.4) is 0 Å². The summed E-state index contributed by atoms with van der Waals surface area (Å²) < 4.78 is 14.7. The first-order valence-electron chi connectivity index (χ1n) is 9.70. The fourth-order valence-electron chi connectivity index (χ4n) is 3.46. The summed E-state index contributed by atoms with van der Waals surface area (Å²) in [5.41, 5.74) is 2.14. The van der Waals surface area contributed by atoms with Crippen molar-refractivity contribution in [3.05, 3.63) is 69.9 Å². The highest BCUT2D eigenvalue weighted by Crippen LogP contribution is 2.16. The second kappa shape index (κ2) is 7.94. The van der Waals surface area contributed by atoms with Crippen molar-refractivity contribution in [3.8, 4) is 0 Å². The van der Waals surface area contributed by atoms with Crippen LogP contribution in [0.1, 0.15) is 29.9 Å². The SMILES string of the molecule is CCN(CC)c1ccc(CNC(=O)c2nnn3c2c(=O)[nH]c2cc(F)ccc23)cc1. The summed E-state index contributed by atoms with van der Waals surface area (Å²) in [6.45, 7) is 6.32. The molecule has 1 amide bonds. The number of nitrogens with zero attached hydrogens (tertiary/aromatic N) is 4. The van der Waals surface area contributed by atoms with Crippen LogP contribution >= 0.6 is 0 Å². The summed E-state index contributed by atoms with van der Waals surface area (Å²) in [6.07, 6.45) is 0. The lowest BCUT2D eigenvalue weighted by molar-refractivity contribution is 0.0947. The van der Waals surface area contributed by atoms with Crippen LogP contribution in [0.2, 0.25) is 0 Å². The average molecular weight is 408 g/mol. The van der Waals surface area contributed by atoms with Crippen molar-refractivity contribution >= 4 is 28.1 Å². The Morgan fingerprint density at radius 1 is 1.17 bits per heavy atom. The van der Waals surface area contributed by atoms with Gasteiger partial charge in [0.05, 0.1) is 11.0 Å². The second-order valence-electron chi connectivity index (χ2n) is 6.84. The van der Waals surface area contributed by atoms with Gasteiger partial charge in [-0.2, -0.15) is 0 Å². The predicted octanol–water partition coefficient (Wildman–Crippen LogP) is 2.49. The number of hydrogen-bond acceptors (Lipinski definition) is 5. The summed E-state index contributed by atoms with van der Waals surface area (Å²) in [6, 6.07) is 11.8. The lowest BCUT2D eigenvalue weighted by Gasteiger charge is -2.21. The molecule has 4 aromatic rings. The molecule has 2 N–H and O–H groups in total. The largest absolute Gasteiger partial charge is 0.372 e. The Kier molecular flexibility index (Phi) is 5.18. The molecule has 0 bridgehead atoms. The molecule has 2 heterocycles. The minimum absolute atomic E-state index is 0.0171. The number of anilines is 1. The Bertz CT molecular complexity index is 1270. The van der Waals surface area contributed by atoms with Gasteiger partial charge in [-0.05, 0) is 49.7 Å². The maximum atomic E-state index is 13.4. The first-order chi connectivity index (χ1) is 14.5. The molecule has 0 fully saturated rings.